The summed E-state index contributed by atoms with van der Waals surface area (Å²) >= 11 is 5.08. The molecule has 0 saturated heterocycles. The van der Waals surface area contributed by atoms with Crippen molar-refractivity contribution >= 4 is 44.9 Å². The fraction of sp³-hybridized carbons (Fsp3) is 0.333. The van der Waals surface area contributed by atoms with Crippen molar-refractivity contribution < 1.29 is 9.59 Å². The number of nitrogens with zero attached hydrogens (tertiary/aromatic N) is 1. The molecule has 0 bridgehead atoms. The molecular formula is C18H22BrN3O2S. The Morgan fingerprint density at radius 2 is 1.96 bits per heavy atom. The van der Waals surface area contributed by atoms with E-state index in [9.17, 15) is 9.59 Å². The molecule has 5 nitrogen and oxygen atoms in total. The third kappa shape index (κ3) is 6.26. The lowest BCUT2D eigenvalue weighted by Crippen LogP contribution is -2.41. The molecule has 0 aliphatic rings. The van der Waals surface area contributed by atoms with E-state index in [1.54, 1.807) is 11.3 Å². The number of amides is 3. The van der Waals surface area contributed by atoms with E-state index in [1.807, 2.05) is 56.0 Å². The zero-order valence-corrected chi connectivity index (χ0v) is 17.0. The molecule has 3 amide bonds. The maximum Gasteiger partial charge on any atom is 0.325 e. The fourth-order valence-corrected chi connectivity index (χ4v) is 3.94. The molecule has 1 aromatic carbocycles. The Morgan fingerprint density at radius 1 is 1.20 bits per heavy atom. The first kappa shape index (κ1) is 19.6. The van der Waals surface area contributed by atoms with Gasteiger partial charge in [-0.1, -0.05) is 24.6 Å². The second-order valence-corrected chi connectivity index (χ2v) is 8.38. The van der Waals surface area contributed by atoms with Gasteiger partial charge < -0.3 is 5.32 Å². The molecule has 25 heavy (non-hydrogen) atoms. The van der Waals surface area contributed by atoms with E-state index in [0.717, 1.165) is 21.5 Å². The molecule has 0 fully saturated rings. The Labute approximate surface area is 160 Å². The monoisotopic (exact) mass is 423 g/mol. The van der Waals surface area contributed by atoms with Crippen LogP contribution in [0, 0.1) is 13.8 Å². The van der Waals surface area contributed by atoms with Gasteiger partial charge in [0.15, 0.2) is 0 Å². The van der Waals surface area contributed by atoms with E-state index < -0.39 is 6.03 Å². The van der Waals surface area contributed by atoms with Gasteiger partial charge in [-0.05, 0) is 60.1 Å². The number of halogens is 1. The molecule has 0 spiro atoms. The van der Waals surface area contributed by atoms with Crippen LogP contribution in [0.25, 0.3) is 0 Å². The Morgan fingerprint density at radius 3 is 2.56 bits per heavy atom. The lowest BCUT2D eigenvalue weighted by molar-refractivity contribution is -0.121. The summed E-state index contributed by atoms with van der Waals surface area (Å²) in [5.74, 6) is -0.320. The molecule has 7 heteroatoms. The van der Waals surface area contributed by atoms with Crippen LogP contribution in [-0.4, -0.2) is 29.9 Å². The van der Waals surface area contributed by atoms with Gasteiger partial charge in [0.05, 0.1) is 10.3 Å². The molecule has 2 aromatic rings. The number of thiophene rings is 1. The Kier molecular flexibility index (Phi) is 7.16. The molecule has 0 saturated carbocycles. The Bertz CT molecular complexity index is 761. The summed E-state index contributed by atoms with van der Waals surface area (Å²) in [4.78, 5) is 27.3. The standard InChI is InChI=1S/C18H22BrN3O2S/c1-4-22(10-14-6-8-16(19)25-14)11-17(23)21-18(24)20-15-7-5-12(2)9-13(15)3/h5-9H,4,10-11H2,1-3H3,(H2,20,21,23,24). The molecule has 2 N–H and O–H groups in total. The van der Waals surface area contributed by atoms with Crippen molar-refractivity contribution in [1.82, 2.24) is 10.2 Å². The number of benzene rings is 1. The molecule has 2 rings (SSSR count). The number of nitrogens with one attached hydrogen (secondary N) is 2. The lowest BCUT2D eigenvalue weighted by atomic mass is 10.1. The zero-order chi connectivity index (χ0) is 18.4. The van der Waals surface area contributed by atoms with E-state index in [0.29, 0.717) is 12.2 Å². The minimum Gasteiger partial charge on any atom is -0.307 e. The fourth-order valence-electron chi connectivity index (χ4n) is 2.41. The normalized spacial score (nSPS) is 10.8. The van der Waals surface area contributed by atoms with Crippen molar-refractivity contribution in [1.29, 1.82) is 0 Å². The second-order valence-electron chi connectivity index (χ2n) is 5.83. The number of anilines is 1. The van der Waals surface area contributed by atoms with Crippen LogP contribution in [-0.2, 0) is 11.3 Å². The highest BCUT2D eigenvalue weighted by atomic mass is 79.9. The average Bonchev–Trinajstić information content (AvgIpc) is 2.94. The number of carbonyl (C=O) groups is 2. The number of urea groups is 1. The van der Waals surface area contributed by atoms with Crippen LogP contribution in [0.1, 0.15) is 22.9 Å². The van der Waals surface area contributed by atoms with Crippen molar-refractivity contribution in [2.75, 3.05) is 18.4 Å². The van der Waals surface area contributed by atoms with Crippen LogP contribution >= 0.6 is 27.3 Å². The number of hydrogen-bond acceptors (Lipinski definition) is 4. The predicted octanol–water partition coefficient (Wildman–Crippen LogP) is 4.30. The highest BCUT2D eigenvalue weighted by Crippen LogP contribution is 2.23. The second kappa shape index (κ2) is 9.12. The highest BCUT2D eigenvalue weighted by molar-refractivity contribution is 9.11. The number of imide groups is 1. The number of likely N-dealkylation sites (N-methyl/N-ethyl adjacent to an activating group) is 1. The Hall–Kier alpha value is -1.70. The Balaban J connectivity index is 1.86. The molecule has 134 valence electrons. The van der Waals surface area contributed by atoms with Crippen LogP contribution in [0.5, 0.6) is 0 Å². The molecule has 1 heterocycles. The van der Waals surface area contributed by atoms with E-state index in [-0.39, 0.29) is 12.5 Å². The molecular weight excluding hydrogens is 402 g/mol. The van der Waals surface area contributed by atoms with Crippen molar-refractivity contribution in [3.8, 4) is 0 Å². The van der Waals surface area contributed by atoms with Crippen LogP contribution in [0.3, 0.4) is 0 Å². The first-order valence-electron chi connectivity index (χ1n) is 8.02. The lowest BCUT2D eigenvalue weighted by Gasteiger charge is -2.19. The largest absolute Gasteiger partial charge is 0.325 e. The van der Waals surface area contributed by atoms with E-state index in [4.69, 9.17) is 0 Å². The van der Waals surface area contributed by atoms with Gasteiger partial charge in [0, 0.05) is 17.1 Å². The summed E-state index contributed by atoms with van der Waals surface area (Å²) in [7, 11) is 0. The topological polar surface area (TPSA) is 61.4 Å². The number of rotatable bonds is 6. The van der Waals surface area contributed by atoms with Crippen molar-refractivity contribution in [2.24, 2.45) is 0 Å². The smallest absolute Gasteiger partial charge is 0.307 e. The van der Waals surface area contributed by atoms with Crippen molar-refractivity contribution in [2.45, 2.75) is 27.3 Å². The average molecular weight is 424 g/mol. The number of carbonyl (C=O) groups excluding carboxylic acids is 2. The van der Waals surface area contributed by atoms with Gasteiger partial charge in [0.2, 0.25) is 5.91 Å². The minimum atomic E-state index is -0.508. The summed E-state index contributed by atoms with van der Waals surface area (Å²) in [5, 5.41) is 5.11. The molecule has 0 unspecified atom stereocenters. The maximum absolute atomic E-state index is 12.1. The molecule has 0 aliphatic heterocycles. The van der Waals surface area contributed by atoms with Gasteiger partial charge >= 0.3 is 6.03 Å². The highest BCUT2D eigenvalue weighted by Gasteiger charge is 2.14. The van der Waals surface area contributed by atoms with Crippen LogP contribution in [0.4, 0.5) is 10.5 Å². The molecule has 0 atom stereocenters. The van der Waals surface area contributed by atoms with E-state index in [2.05, 4.69) is 26.6 Å². The van der Waals surface area contributed by atoms with E-state index in [1.165, 1.54) is 4.88 Å². The quantitative estimate of drug-likeness (QED) is 0.727. The van der Waals surface area contributed by atoms with Crippen molar-refractivity contribution in [3.05, 3.63) is 50.1 Å². The molecule has 1 aromatic heterocycles. The number of hydrogen-bond donors (Lipinski definition) is 2. The summed E-state index contributed by atoms with van der Waals surface area (Å²) in [5.41, 5.74) is 2.78. The third-order valence-electron chi connectivity index (χ3n) is 3.71. The van der Waals surface area contributed by atoms with Gasteiger partial charge in [-0.3, -0.25) is 15.0 Å². The van der Waals surface area contributed by atoms with Gasteiger partial charge in [-0.2, -0.15) is 0 Å². The number of aryl methyl sites for hydroxylation is 2. The van der Waals surface area contributed by atoms with Crippen LogP contribution in [0.2, 0.25) is 0 Å². The maximum atomic E-state index is 12.1. The first-order valence-corrected chi connectivity index (χ1v) is 9.63. The summed E-state index contributed by atoms with van der Waals surface area (Å²) in [6.07, 6.45) is 0. The van der Waals surface area contributed by atoms with Gasteiger partial charge in [0.1, 0.15) is 0 Å². The SMILES string of the molecule is CCN(CC(=O)NC(=O)Nc1ccc(C)cc1C)Cc1ccc(Br)s1. The third-order valence-corrected chi connectivity index (χ3v) is 5.31. The van der Waals surface area contributed by atoms with Gasteiger partial charge in [-0.15, -0.1) is 11.3 Å². The minimum absolute atomic E-state index is 0.173. The molecule has 0 aliphatic carbocycles. The summed E-state index contributed by atoms with van der Waals surface area (Å²) in [6.45, 7) is 7.48. The summed E-state index contributed by atoms with van der Waals surface area (Å²) in [6, 6.07) is 9.25. The van der Waals surface area contributed by atoms with Crippen molar-refractivity contribution in [3.63, 3.8) is 0 Å². The van der Waals surface area contributed by atoms with Crippen LogP contribution < -0.4 is 10.6 Å². The van der Waals surface area contributed by atoms with Gasteiger partial charge in [-0.25, -0.2) is 4.79 Å². The zero-order valence-electron chi connectivity index (χ0n) is 14.6. The van der Waals surface area contributed by atoms with Crippen LogP contribution in [0.15, 0.2) is 34.1 Å². The molecule has 0 radical (unpaired) electrons. The van der Waals surface area contributed by atoms with E-state index >= 15 is 0 Å². The summed E-state index contributed by atoms with van der Waals surface area (Å²) < 4.78 is 1.07. The first-order chi connectivity index (χ1) is 11.9. The van der Waals surface area contributed by atoms with Gasteiger partial charge in [0.25, 0.3) is 0 Å². The predicted molar refractivity (Wildman–Crippen MR) is 106 cm³/mol.